The maximum atomic E-state index is 12.1. The Labute approximate surface area is 97.9 Å². The zero-order chi connectivity index (χ0) is 11.8. The Hall–Kier alpha value is -2.11. The van der Waals surface area contributed by atoms with Gasteiger partial charge in [0, 0.05) is 31.7 Å². The van der Waals surface area contributed by atoms with E-state index in [4.69, 9.17) is 0 Å². The van der Waals surface area contributed by atoms with Crippen molar-refractivity contribution < 1.29 is 0 Å². The summed E-state index contributed by atoms with van der Waals surface area (Å²) in [5.41, 5.74) is 0.699. The number of aromatic nitrogens is 4. The highest BCUT2D eigenvalue weighted by Crippen LogP contribution is 2.33. The zero-order valence-corrected chi connectivity index (χ0v) is 9.50. The predicted molar refractivity (Wildman–Crippen MR) is 63.3 cm³/mol. The van der Waals surface area contributed by atoms with Gasteiger partial charge in [0.2, 0.25) is 0 Å². The lowest BCUT2D eigenvalue weighted by Gasteiger charge is -2.06. The first-order valence-electron chi connectivity index (χ1n) is 5.57. The van der Waals surface area contributed by atoms with Crippen molar-refractivity contribution in [1.82, 2.24) is 19.3 Å². The van der Waals surface area contributed by atoms with Crippen molar-refractivity contribution in [2.24, 2.45) is 7.05 Å². The molecule has 6 heteroatoms. The van der Waals surface area contributed by atoms with E-state index in [1.54, 1.807) is 34.0 Å². The summed E-state index contributed by atoms with van der Waals surface area (Å²) in [5, 5.41) is 7.02. The van der Waals surface area contributed by atoms with E-state index >= 15 is 0 Å². The van der Waals surface area contributed by atoms with Crippen molar-refractivity contribution in [3.63, 3.8) is 0 Å². The van der Waals surface area contributed by atoms with Gasteiger partial charge in [0.25, 0.3) is 5.56 Å². The van der Waals surface area contributed by atoms with Gasteiger partial charge in [-0.25, -0.2) is 4.98 Å². The average Bonchev–Trinajstić information content (AvgIpc) is 3.06. The standard InChI is InChI=1S/C11H13N5O/c1-15-7-8(6-13-15)14-10-11(17)16(5-4-12-10)9-2-3-9/h4-7,9H,2-3H2,1H3,(H,12,14). The lowest BCUT2D eigenvalue weighted by atomic mass is 10.5. The monoisotopic (exact) mass is 231 g/mol. The molecule has 0 bridgehead atoms. The van der Waals surface area contributed by atoms with Crippen molar-refractivity contribution in [1.29, 1.82) is 0 Å². The summed E-state index contributed by atoms with van der Waals surface area (Å²) in [7, 11) is 1.83. The highest BCUT2D eigenvalue weighted by atomic mass is 16.1. The van der Waals surface area contributed by atoms with Gasteiger partial charge < -0.3 is 9.88 Å². The van der Waals surface area contributed by atoms with Gasteiger partial charge in [-0.05, 0) is 12.8 Å². The third kappa shape index (κ3) is 1.93. The van der Waals surface area contributed by atoms with Crippen LogP contribution in [-0.4, -0.2) is 19.3 Å². The van der Waals surface area contributed by atoms with E-state index in [-0.39, 0.29) is 5.56 Å². The van der Waals surface area contributed by atoms with Crippen LogP contribution in [0.5, 0.6) is 0 Å². The molecule has 1 aliphatic rings. The quantitative estimate of drug-likeness (QED) is 0.857. The van der Waals surface area contributed by atoms with E-state index in [2.05, 4.69) is 15.4 Å². The SMILES string of the molecule is Cn1cc(Nc2nccn(C3CC3)c2=O)cn1. The van der Waals surface area contributed by atoms with Crippen LogP contribution in [0.3, 0.4) is 0 Å². The van der Waals surface area contributed by atoms with Crippen LogP contribution in [0.2, 0.25) is 0 Å². The number of hydrogen-bond donors (Lipinski definition) is 1. The summed E-state index contributed by atoms with van der Waals surface area (Å²) in [5.74, 6) is 0.354. The average molecular weight is 231 g/mol. The molecule has 2 aromatic rings. The number of anilines is 2. The van der Waals surface area contributed by atoms with Crippen molar-refractivity contribution in [3.05, 3.63) is 35.1 Å². The van der Waals surface area contributed by atoms with Crippen LogP contribution in [0.25, 0.3) is 0 Å². The molecule has 2 aromatic heterocycles. The number of nitrogens with zero attached hydrogens (tertiary/aromatic N) is 4. The zero-order valence-electron chi connectivity index (χ0n) is 9.50. The fourth-order valence-electron chi connectivity index (χ4n) is 1.77. The summed E-state index contributed by atoms with van der Waals surface area (Å²) >= 11 is 0. The summed E-state index contributed by atoms with van der Waals surface area (Å²) in [4.78, 5) is 16.1. The Kier molecular flexibility index (Phi) is 2.21. The van der Waals surface area contributed by atoms with E-state index in [0.717, 1.165) is 18.5 Å². The Morgan fingerprint density at radius 1 is 1.47 bits per heavy atom. The van der Waals surface area contributed by atoms with Gasteiger partial charge in [-0.1, -0.05) is 0 Å². The molecule has 0 unspecified atom stereocenters. The summed E-state index contributed by atoms with van der Waals surface area (Å²) < 4.78 is 3.41. The Bertz CT molecular complexity index is 596. The van der Waals surface area contributed by atoms with E-state index in [0.29, 0.717) is 11.9 Å². The van der Waals surface area contributed by atoms with Crippen LogP contribution in [0.1, 0.15) is 18.9 Å². The normalized spacial score (nSPS) is 14.9. The highest BCUT2D eigenvalue weighted by Gasteiger charge is 2.25. The van der Waals surface area contributed by atoms with Crippen LogP contribution in [-0.2, 0) is 7.05 Å². The second-order valence-electron chi connectivity index (χ2n) is 4.25. The van der Waals surface area contributed by atoms with E-state index in [1.807, 2.05) is 7.05 Å². The number of nitrogens with one attached hydrogen (secondary N) is 1. The first-order chi connectivity index (χ1) is 8.24. The first-order valence-corrected chi connectivity index (χ1v) is 5.57. The summed E-state index contributed by atoms with van der Waals surface area (Å²) in [6, 6.07) is 0.361. The topological polar surface area (TPSA) is 64.7 Å². The Morgan fingerprint density at radius 3 is 2.94 bits per heavy atom. The van der Waals surface area contributed by atoms with Crippen molar-refractivity contribution in [2.45, 2.75) is 18.9 Å². The molecule has 1 N–H and O–H groups in total. The molecule has 88 valence electrons. The maximum absolute atomic E-state index is 12.1. The fraction of sp³-hybridized carbons (Fsp3) is 0.364. The van der Waals surface area contributed by atoms with Crippen LogP contribution in [0.15, 0.2) is 29.6 Å². The largest absolute Gasteiger partial charge is 0.333 e. The van der Waals surface area contributed by atoms with Gasteiger partial charge in [-0.3, -0.25) is 9.48 Å². The molecule has 3 rings (SSSR count). The molecule has 0 atom stereocenters. The predicted octanol–water partition coefficient (Wildman–Crippen LogP) is 1.06. The minimum Gasteiger partial charge on any atom is -0.333 e. The minimum absolute atomic E-state index is 0.0705. The van der Waals surface area contributed by atoms with Crippen molar-refractivity contribution in [2.75, 3.05) is 5.32 Å². The van der Waals surface area contributed by atoms with Crippen LogP contribution in [0.4, 0.5) is 11.5 Å². The molecular formula is C11H13N5O. The maximum Gasteiger partial charge on any atom is 0.293 e. The summed E-state index contributed by atoms with van der Waals surface area (Å²) in [6.07, 6.45) is 9.02. The van der Waals surface area contributed by atoms with Crippen LogP contribution in [0, 0.1) is 0 Å². The van der Waals surface area contributed by atoms with Gasteiger partial charge in [0.1, 0.15) is 0 Å². The van der Waals surface area contributed by atoms with E-state index < -0.39 is 0 Å². The van der Waals surface area contributed by atoms with E-state index in [1.165, 1.54) is 0 Å². The molecule has 2 heterocycles. The minimum atomic E-state index is -0.0705. The molecular weight excluding hydrogens is 218 g/mol. The molecule has 0 aromatic carbocycles. The summed E-state index contributed by atoms with van der Waals surface area (Å²) in [6.45, 7) is 0. The molecule has 0 saturated heterocycles. The lowest BCUT2D eigenvalue weighted by molar-refractivity contribution is 0.701. The smallest absolute Gasteiger partial charge is 0.293 e. The van der Waals surface area contributed by atoms with Crippen LogP contribution < -0.4 is 10.9 Å². The molecule has 6 nitrogen and oxygen atoms in total. The molecule has 1 fully saturated rings. The molecule has 0 radical (unpaired) electrons. The van der Waals surface area contributed by atoms with Crippen molar-refractivity contribution in [3.8, 4) is 0 Å². The van der Waals surface area contributed by atoms with Gasteiger partial charge in [0.05, 0.1) is 11.9 Å². The molecule has 1 aliphatic carbocycles. The van der Waals surface area contributed by atoms with Gasteiger partial charge >= 0.3 is 0 Å². The second kappa shape index (κ2) is 3.73. The molecule has 17 heavy (non-hydrogen) atoms. The molecule has 1 saturated carbocycles. The third-order valence-electron chi connectivity index (χ3n) is 2.78. The number of aryl methyl sites for hydroxylation is 1. The second-order valence-corrected chi connectivity index (χ2v) is 4.25. The van der Waals surface area contributed by atoms with Crippen LogP contribution >= 0.6 is 0 Å². The van der Waals surface area contributed by atoms with Gasteiger partial charge in [-0.2, -0.15) is 5.10 Å². The van der Waals surface area contributed by atoms with E-state index in [9.17, 15) is 4.79 Å². The molecule has 0 amide bonds. The Balaban J connectivity index is 1.92. The third-order valence-corrected chi connectivity index (χ3v) is 2.78. The fourth-order valence-corrected chi connectivity index (χ4v) is 1.77. The number of rotatable bonds is 3. The van der Waals surface area contributed by atoms with Gasteiger partial charge in [0.15, 0.2) is 5.82 Å². The molecule has 0 aliphatic heterocycles. The van der Waals surface area contributed by atoms with Crippen molar-refractivity contribution >= 4 is 11.5 Å². The number of hydrogen-bond acceptors (Lipinski definition) is 4. The highest BCUT2D eigenvalue weighted by molar-refractivity contribution is 5.52. The Morgan fingerprint density at radius 2 is 2.29 bits per heavy atom. The first kappa shape index (κ1) is 10.1. The lowest BCUT2D eigenvalue weighted by Crippen LogP contribution is -2.22. The molecule has 0 spiro atoms. The van der Waals surface area contributed by atoms with Gasteiger partial charge in [-0.15, -0.1) is 0 Å².